The largest absolute Gasteiger partial charge is 0.381 e. The van der Waals surface area contributed by atoms with Gasteiger partial charge in [-0.15, -0.1) is 0 Å². The van der Waals surface area contributed by atoms with E-state index in [1.54, 1.807) is 0 Å². The highest BCUT2D eigenvalue weighted by molar-refractivity contribution is 5.95. The maximum Gasteiger partial charge on any atom is 0.253 e. The first-order chi connectivity index (χ1) is 16.1. The first-order valence-electron chi connectivity index (χ1n) is 12.0. The maximum atomic E-state index is 14.0. The Bertz CT molecular complexity index is 974. The van der Waals surface area contributed by atoms with Crippen molar-refractivity contribution in [2.45, 2.75) is 43.1 Å². The number of amides is 2. The van der Waals surface area contributed by atoms with Crippen LogP contribution < -0.4 is 4.90 Å². The zero-order chi connectivity index (χ0) is 22.7. The van der Waals surface area contributed by atoms with Crippen molar-refractivity contribution in [2.24, 2.45) is 0 Å². The summed E-state index contributed by atoms with van der Waals surface area (Å²) in [7, 11) is 0. The van der Waals surface area contributed by atoms with Crippen molar-refractivity contribution in [3.05, 3.63) is 66.2 Å². The van der Waals surface area contributed by atoms with Crippen LogP contribution in [0.3, 0.4) is 0 Å². The fraction of sp³-hybridized carbons (Fsp3) is 0.481. The summed E-state index contributed by atoms with van der Waals surface area (Å²) in [4.78, 5) is 30.5. The van der Waals surface area contributed by atoms with Gasteiger partial charge in [0.25, 0.3) is 5.91 Å². The molecule has 0 N–H and O–H groups in total. The minimum Gasteiger partial charge on any atom is -0.381 e. The topological polar surface area (TPSA) is 59.1 Å². The minimum absolute atomic E-state index is 0.00533. The van der Waals surface area contributed by atoms with Gasteiger partial charge in [-0.25, -0.2) is 0 Å². The molecule has 33 heavy (non-hydrogen) atoms. The van der Waals surface area contributed by atoms with Gasteiger partial charge in [0, 0.05) is 32.0 Å². The second kappa shape index (κ2) is 9.27. The Morgan fingerprint density at radius 2 is 1.55 bits per heavy atom. The Balaban J connectivity index is 1.34. The zero-order valence-electron chi connectivity index (χ0n) is 19.1. The van der Waals surface area contributed by atoms with E-state index in [2.05, 4.69) is 12.1 Å². The van der Waals surface area contributed by atoms with Gasteiger partial charge in [-0.2, -0.15) is 0 Å². The summed E-state index contributed by atoms with van der Waals surface area (Å²) in [6, 6.07) is 20.0. The summed E-state index contributed by atoms with van der Waals surface area (Å²) in [6.45, 7) is 3.21. The molecule has 2 aromatic rings. The fourth-order valence-corrected chi connectivity index (χ4v) is 5.64. The van der Waals surface area contributed by atoms with Gasteiger partial charge >= 0.3 is 0 Å². The van der Waals surface area contributed by atoms with Gasteiger partial charge in [0.2, 0.25) is 5.91 Å². The highest BCUT2D eigenvalue weighted by Gasteiger charge is 2.47. The van der Waals surface area contributed by atoms with Gasteiger partial charge in [-0.05, 0) is 49.8 Å². The molecule has 1 spiro atoms. The number of hydrogen-bond donors (Lipinski definition) is 0. The van der Waals surface area contributed by atoms with Crippen LogP contribution in [0, 0.1) is 0 Å². The summed E-state index contributed by atoms with van der Waals surface area (Å²) in [5.41, 5.74) is 1.07. The monoisotopic (exact) mass is 448 g/mol. The standard InChI is InChI=1S/C27H32N2O4/c30-24-20-33-26(21-29(24)23-10-5-2-6-11-23)12-7-16-28(17-13-26)25(31)27(14-18-32-19-15-27)22-8-3-1-4-9-22/h1-6,8-11H,7,12-21H2/t26-/m0/s1. The van der Waals surface area contributed by atoms with Crippen molar-refractivity contribution < 1.29 is 19.1 Å². The Morgan fingerprint density at radius 3 is 2.27 bits per heavy atom. The Labute approximate surface area is 195 Å². The molecule has 6 heteroatoms. The number of hydrogen-bond acceptors (Lipinski definition) is 4. The molecule has 0 aliphatic carbocycles. The van der Waals surface area contributed by atoms with Crippen molar-refractivity contribution in [3.8, 4) is 0 Å². The van der Waals surface area contributed by atoms with E-state index in [0.29, 0.717) is 39.1 Å². The highest BCUT2D eigenvalue weighted by atomic mass is 16.5. The summed E-state index contributed by atoms with van der Waals surface area (Å²) in [6.07, 6.45) is 3.87. The summed E-state index contributed by atoms with van der Waals surface area (Å²) >= 11 is 0. The van der Waals surface area contributed by atoms with Gasteiger partial charge < -0.3 is 19.3 Å². The molecule has 3 heterocycles. The molecule has 0 saturated carbocycles. The lowest BCUT2D eigenvalue weighted by Crippen LogP contribution is -2.55. The molecule has 3 aliphatic heterocycles. The molecule has 1 atom stereocenters. The third kappa shape index (κ3) is 4.30. The van der Waals surface area contributed by atoms with Crippen LogP contribution in [0.15, 0.2) is 60.7 Å². The molecular formula is C27H32N2O4. The van der Waals surface area contributed by atoms with Gasteiger partial charge in [-0.3, -0.25) is 9.59 Å². The molecule has 174 valence electrons. The van der Waals surface area contributed by atoms with Crippen molar-refractivity contribution in [2.75, 3.05) is 44.4 Å². The van der Waals surface area contributed by atoms with Crippen LogP contribution in [0.1, 0.15) is 37.7 Å². The first kappa shape index (κ1) is 22.1. The van der Waals surface area contributed by atoms with E-state index in [-0.39, 0.29) is 18.4 Å². The Hall–Kier alpha value is -2.70. The molecular weight excluding hydrogens is 416 g/mol. The van der Waals surface area contributed by atoms with Gasteiger partial charge in [0.15, 0.2) is 0 Å². The van der Waals surface area contributed by atoms with E-state index in [0.717, 1.165) is 37.1 Å². The van der Waals surface area contributed by atoms with E-state index >= 15 is 0 Å². The first-order valence-corrected chi connectivity index (χ1v) is 12.0. The van der Waals surface area contributed by atoms with Crippen molar-refractivity contribution >= 4 is 17.5 Å². The van der Waals surface area contributed by atoms with Crippen LogP contribution in [0.2, 0.25) is 0 Å². The van der Waals surface area contributed by atoms with E-state index in [9.17, 15) is 9.59 Å². The third-order valence-corrected chi connectivity index (χ3v) is 7.58. The van der Waals surface area contributed by atoms with E-state index in [1.807, 2.05) is 58.3 Å². The molecule has 2 aromatic carbocycles. The number of rotatable bonds is 3. The SMILES string of the molecule is O=C1CO[C@]2(CCCN(C(=O)C3(c4ccccc4)CCOCC3)CC2)CN1c1ccccc1. The van der Waals surface area contributed by atoms with Gasteiger partial charge in [0.1, 0.15) is 6.61 Å². The molecule has 0 aromatic heterocycles. The van der Waals surface area contributed by atoms with Crippen LogP contribution in [0.5, 0.6) is 0 Å². The van der Waals surface area contributed by atoms with Crippen LogP contribution in [-0.4, -0.2) is 61.8 Å². The highest BCUT2D eigenvalue weighted by Crippen LogP contribution is 2.39. The predicted molar refractivity (Wildman–Crippen MR) is 126 cm³/mol. The maximum absolute atomic E-state index is 14.0. The van der Waals surface area contributed by atoms with Crippen LogP contribution >= 0.6 is 0 Å². The zero-order valence-corrected chi connectivity index (χ0v) is 19.1. The van der Waals surface area contributed by atoms with E-state index in [1.165, 1.54) is 0 Å². The molecule has 6 nitrogen and oxygen atoms in total. The number of para-hydroxylation sites is 1. The van der Waals surface area contributed by atoms with E-state index < -0.39 is 11.0 Å². The second-order valence-electron chi connectivity index (χ2n) is 9.49. The molecule has 3 saturated heterocycles. The van der Waals surface area contributed by atoms with Gasteiger partial charge in [-0.1, -0.05) is 48.5 Å². The Kier molecular flexibility index (Phi) is 6.21. The third-order valence-electron chi connectivity index (χ3n) is 7.58. The number of benzene rings is 2. The van der Waals surface area contributed by atoms with Crippen LogP contribution in [0.25, 0.3) is 0 Å². The molecule has 0 radical (unpaired) electrons. The summed E-state index contributed by atoms with van der Waals surface area (Å²) in [5.74, 6) is 0.204. The van der Waals surface area contributed by atoms with Crippen molar-refractivity contribution in [1.82, 2.24) is 4.90 Å². The predicted octanol–water partition coefficient (Wildman–Crippen LogP) is 3.55. The fourth-order valence-electron chi connectivity index (χ4n) is 5.64. The number of likely N-dealkylation sites (tertiary alicyclic amines) is 1. The van der Waals surface area contributed by atoms with Crippen LogP contribution in [-0.2, 0) is 24.5 Å². The smallest absolute Gasteiger partial charge is 0.253 e. The quantitative estimate of drug-likeness (QED) is 0.721. The molecule has 0 unspecified atom stereocenters. The number of ether oxygens (including phenoxy) is 2. The number of anilines is 1. The summed E-state index contributed by atoms with van der Waals surface area (Å²) in [5, 5.41) is 0. The second-order valence-corrected chi connectivity index (χ2v) is 9.49. The normalized spacial score (nSPS) is 25.6. The molecule has 3 aliphatic rings. The average Bonchev–Trinajstić information content (AvgIpc) is 3.09. The number of nitrogens with zero attached hydrogens (tertiary/aromatic N) is 2. The number of morpholine rings is 1. The van der Waals surface area contributed by atoms with Gasteiger partial charge in [0.05, 0.1) is 17.6 Å². The van der Waals surface area contributed by atoms with Crippen molar-refractivity contribution in [3.63, 3.8) is 0 Å². The summed E-state index contributed by atoms with van der Waals surface area (Å²) < 4.78 is 11.8. The molecule has 5 rings (SSSR count). The lowest BCUT2D eigenvalue weighted by atomic mass is 9.73. The lowest BCUT2D eigenvalue weighted by Gasteiger charge is -2.42. The van der Waals surface area contributed by atoms with Crippen LogP contribution in [0.4, 0.5) is 5.69 Å². The number of carbonyl (C=O) groups is 2. The van der Waals surface area contributed by atoms with E-state index in [4.69, 9.17) is 9.47 Å². The number of carbonyl (C=O) groups excluding carboxylic acids is 2. The Morgan fingerprint density at radius 1 is 0.848 bits per heavy atom. The van der Waals surface area contributed by atoms with Crippen molar-refractivity contribution in [1.29, 1.82) is 0 Å². The minimum atomic E-state index is -0.517. The molecule has 2 amide bonds. The average molecular weight is 449 g/mol. The molecule has 3 fully saturated rings. The lowest BCUT2D eigenvalue weighted by molar-refractivity contribution is -0.144. The molecule has 0 bridgehead atoms.